The van der Waals surface area contributed by atoms with Gasteiger partial charge in [0.05, 0.1) is 11.4 Å². The van der Waals surface area contributed by atoms with Crippen LogP contribution in [0.4, 0.5) is 5.69 Å². The summed E-state index contributed by atoms with van der Waals surface area (Å²) in [6.45, 7) is 2.16. The topological polar surface area (TPSA) is 24.4 Å². The second-order valence-electron chi connectivity index (χ2n) is 5.58. The molecule has 1 aliphatic rings. The Morgan fingerprint density at radius 3 is 2.52 bits per heavy atom. The fourth-order valence-electron chi connectivity index (χ4n) is 2.91. The lowest BCUT2D eigenvalue weighted by atomic mass is 9.89. The Bertz CT molecular complexity index is 629. The fraction of sp³-hybridized carbons (Fsp3) is 0.316. The van der Waals surface area contributed by atoms with Gasteiger partial charge in [-0.25, -0.2) is 0 Å². The number of nitrogens with zero attached hydrogens (tertiary/aromatic N) is 1. The third-order valence-electron chi connectivity index (χ3n) is 4.11. The normalized spacial score (nSPS) is 14.6. The lowest BCUT2D eigenvalue weighted by molar-refractivity contribution is 0.685. The van der Waals surface area contributed by atoms with E-state index in [1.165, 1.54) is 42.4 Å². The van der Waals surface area contributed by atoms with Crippen LogP contribution in [-0.2, 0) is 12.8 Å². The summed E-state index contributed by atoms with van der Waals surface area (Å²) in [5.41, 5.74) is 9.60. The highest BCUT2D eigenvalue weighted by Gasteiger charge is 2.11. The average Bonchev–Trinajstić information content (AvgIpc) is 2.56. The predicted molar refractivity (Wildman–Crippen MR) is 90.0 cm³/mol. The Hall–Kier alpha value is -2.09. The predicted octanol–water partition coefficient (Wildman–Crippen LogP) is 4.79. The monoisotopic (exact) mass is 278 g/mol. The molecule has 0 saturated carbocycles. The van der Waals surface area contributed by atoms with Crippen molar-refractivity contribution in [2.45, 2.75) is 39.0 Å². The maximum atomic E-state index is 4.60. The maximum Gasteiger partial charge on any atom is 0.0676 e. The van der Waals surface area contributed by atoms with Gasteiger partial charge in [0.15, 0.2) is 0 Å². The zero-order valence-corrected chi connectivity index (χ0v) is 12.6. The van der Waals surface area contributed by atoms with Crippen LogP contribution in [0.3, 0.4) is 0 Å². The lowest BCUT2D eigenvalue weighted by Gasteiger charge is -2.17. The van der Waals surface area contributed by atoms with Crippen molar-refractivity contribution in [2.24, 2.45) is 5.10 Å². The van der Waals surface area contributed by atoms with Crippen LogP contribution in [0.5, 0.6) is 0 Å². The zero-order chi connectivity index (χ0) is 14.5. The van der Waals surface area contributed by atoms with Gasteiger partial charge in [-0.1, -0.05) is 37.3 Å². The van der Waals surface area contributed by atoms with Gasteiger partial charge in [-0.2, -0.15) is 5.10 Å². The molecular weight excluding hydrogens is 256 g/mol. The van der Waals surface area contributed by atoms with Crippen molar-refractivity contribution in [3.63, 3.8) is 0 Å². The van der Waals surface area contributed by atoms with Crippen LogP contribution in [0.1, 0.15) is 42.9 Å². The molecule has 108 valence electrons. The molecule has 0 fully saturated rings. The van der Waals surface area contributed by atoms with Gasteiger partial charge < -0.3 is 0 Å². The van der Waals surface area contributed by atoms with Gasteiger partial charge in [-0.15, -0.1) is 0 Å². The Labute approximate surface area is 126 Å². The van der Waals surface area contributed by atoms with Gasteiger partial charge >= 0.3 is 0 Å². The van der Waals surface area contributed by atoms with Gasteiger partial charge in [-0.05, 0) is 67.0 Å². The van der Waals surface area contributed by atoms with E-state index in [1.807, 2.05) is 30.3 Å². The van der Waals surface area contributed by atoms with Crippen molar-refractivity contribution in [1.29, 1.82) is 0 Å². The quantitative estimate of drug-likeness (QED) is 0.631. The third-order valence-corrected chi connectivity index (χ3v) is 4.11. The van der Waals surface area contributed by atoms with Crippen molar-refractivity contribution in [2.75, 3.05) is 5.43 Å². The van der Waals surface area contributed by atoms with Crippen LogP contribution in [-0.4, -0.2) is 5.71 Å². The summed E-state index contributed by atoms with van der Waals surface area (Å²) in [4.78, 5) is 0. The average molecular weight is 278 g/mol. The minimum absolute atomic E-state index is 0.929. The van der Waals surface area contributed by atoms with E-state index in [4.69, 9.17) is 0 Å². The van der Waals surface area contributed by atoms with E-state index in [-0.39, 0.29) is 0 Å². The number of fused-ring (bicyclic) bond motifs is 1. The Kier molecular flexibility index (Phi) is 4.34. The van der Waals surface area contributed by atoms with E-state index in [2.05, 4.69) is 35.7 Å². The van der Waals surface area contributed by atoms with E-state index in [0.717, 1.165) is 17.8 Å². The van der Waals surface area contributed by atoms with Gasteiger partial charge in [-0.3, -0.25) is 5.43 Å². The summed E-state index contributed by atoms with van der Waals surface area (Å²) in [7, 11) is 0. The molecule has 0 aromatic heterocycles. The minimum atomic E-state index is 0.929. The molecule has 21 heavy (non-hydrogen) atoms. The first-order valence-electron chi connectivity index (χ1n) is 7.86. The smallest absolute Gasteiger partial charge is 0.0676 e. The molecule has 0 amide bonds. The molecule has 2 aromatic carbocycles. The molecule has 0 bridgehead atoms. The van der Waals surface area contributed by atoms with Crippen LogP contribution in [0.15, 0.2) is 53.6 Å². The standard InChI is InChI=1S/C19H22N2/c1-2-19(21-20-18-10-4-3-5-11-18)17-13-12-15-8-6-7-9-16(15)14-17/h3-5,10-14,20H,2,6-9H2,1H3/b21-19+. The summed E-state index contributed by atoms with van der Waals surface area (Å²) < 4.78 is 0. The SMILES string of the molecule is CC/C(=N\Nc1ccccc1)c1ccc2c(c1)CCCC2. The number of aryl methyl sites for hydroxylation is 2. The minimum Gasteiger partial charge on any atom is -0.278 e. The molecule has 1 aliphatic carbocycles. The van der Waals surface area contributed by atoms with Crippen LogP contribution in [0.2, 0.25) is 0 Å². The molecule has 0 unspecified atom stereocenters. The van der Waals surface area contributed by atoms with Crippen LogP contribution in [0, 0.1) is 0 Å². The summed E-state index contributed by atoms with van der Waals surface area (Å²) in [5.74, 6) is 0. The highest BCUT2D eigenvalue weighted by Crippen LogP contribution is 2.23. The van der Waals surface area contributed by atoms with Gasteiger partial charge in [0.1, 0.15) is 0 Å². The molecule has 2 heteroatoms. The highest BCUT2D eigenvalue weighted by molar-refractivity contribution is 6.01. The van der Waals surface area contributed by atoms with Crippen LogP contribution in [0.25, 0.3) is 0 Å². The number of para-hydroxylation sites is 1. The lowest BCUT2D eigenvalue weighted by Crippen LogP contribution is -2.07. The Balaban J connectivity index is 1.82. The molecule has 0 spiro atoms. The maximum absolute atomic E-state index is 4.60. The van der Waals surface area contributed by atoms with E-state index >= 15 is 0 Å². The van der Waals surface area contributed by atoms with Crippen molar-refractivity contribution in [1.82, 2.24) is 0 Å². The number of hydrogen-bond donors (Lipinski definition) is 1. The summed E-state index contributed by atoms with van der Waals surface area (Å²) in [6, 6.07) is 17.0. The van der Waals surface area contributed by atoms with Crippen molar-refractivity contribution in [3.8, 4) is 0 Å². The Morgan fingerprint density at radius 2 is 1.76 bits per heavy atom. The first-order chi connectivity index (χ1) is 10.4. The Morgan fingerprint density at radius 1 is 1.00 bits per heavy atom. The second-order valence-corrected chi connectivity index (χ2v) is 5.58. The molecule has 0 heterocycles. The first-order valence-corrected chi connectivity index (χ1v) is 7.86. The molecule has 0 atom stereocenters. The third kappa shape index (κ3) is 3.33. The molecular formula is C19H22N2. The highest BCUT2D eigenvalue weighted by atomic mass is 15.3. The molecule has 0 saturated heterocycles. The van der Waals surface area contributed by atoms with Gasteiger partial charge in [0.2, 0.25) is 0 Å². The van der Waals surface area contributed by atoms with Crippen LogP contribution >= 0.6 is 0 Å². The number of hydrazone groups is 1. The molecule has 0 aliphatic heterocycles. The van der Waals surface area contributed by atoms with E-state index in [0.29, 0.717) is 0 Å². The van der Waals surface area contributed by atoms with Crippen molar-refractivity contribution in [3.05, 3.63) is 65.2 Å². The van der Waals surface area contributed by atoms with Gasteiger partial charge in [0.25, 0.3) is 0 Å². The van der Waals surface area contributed by atoms with Gasteiger partial charge in [0, 0.05) is 0 Å². The first kappa shape index (κ1) is 13.9. The molecule has 3 rings (SSSR count). The zero-order valence-electron chi connectivity index (χ0n) is 12.6. The van der Waals surface area contributed by atoms with E-state index in [9.17, 15) is 0 Å². The summed E-state index contributed by atoms with van der Waals surface area (Å²) >= 11 is 0. The second kappa shape index (κ2) is 6.57. The van der Waals surface area contributed by atoms with E-state index in [1.54, 1.807) is 0 Å². The summed E-state index contributed by atoms with van der Waals surface area (Å²) in [5, 5.41) is 4.60. The number of rotatable bonds is 4. The van der Waals surface area contributed by atoms with Crippen molar-refractivity contribution >= 4 is 11.4 Å². The molecule has 0 radical (unpaired) electrons. The molecule has 1 N–H and O–H groups in total. The van der Waals surface area contributed by atoms with Crippen molar-refractivity contribution < 1.29 is 0 Å². The largest absolute Gasteiger partial charge is 0.278 e. The number of nitrogens with one attached hydrogen (secondary N) is 1. The van der Waals surface area contributed by atoms with Crippen LogP contribution < -0.4 is 5.43 Å². The molecule has 2 aromatic rings. The molecule has 2 nitrogen and oxygen atoms in total. The number of hydrogen-bond acceptors (Lipinski definition) is 2. The number of benzene rings is 2. The fourth-order valence-corrected chi connectivity index (χ4v) is 2.91. The van der Waals surface area contributed by atoms with E-state index < -0.39 is 0 Å². The summed E-state index contributed by atoms with van der Waals surface area (Å²) in [6.07, 6.45) is 6.02. The number of anilines is 1.